The molecule has 3 unspecified atom stereocenters. The molecule has 6 rings (SSSR count). The maximum Gasteiger partial charge on any atom is 0.482 e. The normalized spacial score (nSPS) is 27.5. The smallest absolute Gasteiger partial charge is 0.482 e. The Hall–Kier alpha value is -3.65. The Kier molecular flexibility index (Phi) is 9.41. The summed E-state index contributed by atoms with van der Waals surface area (Å²) >= 11 is 0. The Labute approximate surface area is 282 Å². The average Bonchev–Trinajstić information content (AvgIpc) is 3.38. The molecule has 2 heterocycles. The van der Waals surface area contributed by atoms with E-state index in [1.54, 1.807) is 13.0 Å². The van der Waals surface area contributed by atoms with Crippen LogP contribution in [0.5, 0.6) is 5.75 Å². The lowest BCUT2D eigenvalue weighted by molar-refractivity contribution is -0.199. The molecule has 2 saturated heterocycles. The first kappa shape index (κ1) is 35.7. The number of hydrogen-bond donors (Lipinski definition) is 3. The van der Waals surface area contributed by atoms with Crippen molar-refractivity contribution in [3.05, 3.63) is 28.8 Å². The molecule has 1 aromatic carbocycles. The zero-order valence-electron chi connectivity index (χ0n) is 29.5. The first-order chi connectivity index (χ1) is 22.3. The van der Waals surface area contributed by atoms with Crippen LogP contribution in [0.1, 0.15) is 89.7 Å². The van der Waals surface area contributed by atoms with E-state index in [4.69, 9.17) is 14.0 Å². The van der Waals surface area contributed by atoms with Gasteiger partial charge < -0.3 is 34.7 Å². The number of hydrogen-bond acceptors (Lipinski definition) is 8. The summed E-state index contributed by atoms with van der Waals surface area (Å²) in [6, 6.07) is 1.35. The molecular formula is C34H49BN4O9. The van der Waals surface area contributed by atoms with E-state index in [0.717, 1.165) is 23.3 Å². The first-order valence-corrected chi connectivity index (χ1v) is 16.8. The quantitative estimate of drug-likeness (QED) is 0.265. The molecule has 5 aliphatic rings. The Morgan fingerprint density at radius 2 is 1.79 bits per heavy atom. The highest BCUT2D eigenvalue weighted by Gasteiger charge is 2.68. The summed E-state index contributed by atoms with van der Waals surface area (Å²) in [6.07, 6.45) is 1.79. The van der Waals surface area contributed by atoms with Crippen LogP contribution in [0.3, 0.4) is 0 Å². The number of nitrogens with one attached hydrogen (secondary N) is 2. The number of methoxy groups -OCH3 is 1. The van der Waals surface area contributed by atoms with Crippen LogP contribution in [0, 0.1) is 17.3 Å². The predicted molar refractivity (Wildman–Crippen MR) is 176 cm³/mol. The Morgan fingerprint density at radius 1 is 1.10 bits per heavy atom. The molecule has 48 heavy (non-hydrogen) atoms. The van der Waals surface area contributed by atoms with Crippen molar-refractivity contribution in [2.75, 3.05) is 26.7 Å². The van der Waals surface area contributed by atoms with Crippen LogP contribution in [0.25, 0.3) is 0 Å². The van der Waals surface area contributed by atoms with Gasteiger partial charge in [-0.25, -0.2) is 9.59 Å². The van der Waals surface area contributed by atoms with Crippen molar-refractivity contribution in [2.45, 2.75) is 104 Å². The molecule has 0 aromatic heterocycles. The van der Waals surface area contributed by atoms with E-state index in [2.05, 4.69) is 31.4 Å². The van der Waals surface area contributed by atoms with Crippen molar-refractivity contribution in [1.82, 2.24) is 20.4 Å². The fourth-order valence-electron chi connectivity index (χ4n) is 8.25. The molecule has 13 nitrogen and oxygen atoms in total. The second kappa shape index (κ2) is 12.7. The summed E-state index contributed by atoms with van der Waals surface area (Å²) in [6.45, 7) is 16.4. The summed E-state index contributed by atoms with van der Waals surface area (Å²) < 4.78 is 19.1. The van der Waals surface area contributed by atoms with Gasteiger partial charge in [0.1, 0.15) is 17.4 Å². The summed E-state index contributed by atoms with van der Waals surface area (Å²) in [4.78, 5) is 66.3. The number of carbonyl (C=O) groups excluding carboxylic acids is 4. The van der Waals surface area contributed by atoms with Gasteiger partial charge in [0.2, 0.25) is 5.91 Å². The zero-order chi connectivity index (χ0) is 35.5. The molecule has 2 aliphatic heterocycles. The molecule has 262 valence electrons. The lowest BCUT2D eigenvalue weighted by Crippen LogP contribution is -2.65. The number of imide groups is 1. The van der Waals surface area contributed by atoms with Crippen LogP contribution in [0.4, 0.5) is 4.79 Å². The van der Waals surface area contributed by atoms with Gasteiger partial charge in [-0.05, 0) is 74.3 Å². The summed E-state index contributed by atoms with van der Waals surface area (Å²) in [5.74, 6) is -3.29. The van der Waals surface area contributed by atoms with Crippen LogP contribution < -0.4 is 15.4 Å². The number of carbonyl (C=O) groups is 5. The number of nitrogens with zero attached hydrogens (tertiary/aromatic N) is 2. The SMILES string of the molecule is CCN1CCN(C(=O)NC(C)C(=O)NC(Cc2c(C(C)(C)C)ccc(C(=O)O)c2OC)B2OC3C[C@@H]4C[C@@H](C4(C)C)[C@]3(C)O2)C(=O)C1=O. The Bertz CT molecular complexity index is 1510. The van der Waals surface area contributed by atoms with Crippen molar-refractivity contribution in [1.29, 1.82) is 0 Å². The third-order valence-corrected chi connectivity index (χ3v) is 11.2. The van der Waals surface area contributed by atoms with E-state index in [1.807, 2.05) is 20.8 Å². The molecule has 3 N–H and O–H groups in total. The number of ether oxygens (including phenoxy) is 1. The van der Waals surface area contributed by atoms with Crippen molar-refractivity contribution < 1.29 is 43.1 Å². The van der Waals surface area contributed by atoms with Crippen molar-refractivity contribution >= 4 is 36.8 Å². The minimum absolute atomic E-state index is 0.00921. The standard InChI is InChI=1S/C34H49BN4O9/c1-10-38-13-14-39(29(42)28(38)41)31(45)36-18(2)27(40)37-25(35-47-24-16-19-15-23(33(19,6)7)34(24,8)48-35)17-21-22(32(3,4)5)12-11-20(30(43)44)26(21)46-9/h11-12,18-19,23-25H,10,13-17H2,1-9H3,(H,36,45)(H,37,40)(H,43,44)/t18?,19-,23-,24?,25?,34-/m0/s1. The molecular weight excluding hydrogens is 619 g/mol. The number of urea groups is 1. The predicted octanol–water partition coefficient (Wildman–Crippen LogP) is 2.77. The van der Waals surface area contributed by atoms with E-state index < -0.39 is 59.8 Å². The largest absolute Gasteiger partial charge is 0.496 e. The molecule has 0 spiro atoms. The van der Waals surface area contributed by atoms with Crippen molar-refractivity contribution in [3.8, 4) is 5.75 Å². The van der Waals surface area contributed by atoms with E-state index in [0.29, 0.717) is 18.0 Å². The van der Waals surface area contributed by atoms with Gasteiger partial charge in [-0.3, -0.25) is 19.3 Å². The van der Waals surface area contributed by atoms with Gasteiger partial charge in [0.25, 0.3) is 0 Å². The summed E-state index contributed by atoms with van der Waals surface area (Å²) in [5.41, 5.74) is 0.514. The summed E-state index contributed by atoms with van der Waals surface area (Å²) in [5, 5.41) is 15.6. The molecule has 5 fully saturated rings. The number of aromatic carboxylic acids is 1. The van der Waals surface area contributed by atoms with Crippen molar-refractivity contribution in [2.24, 2.45) is 17.3 Å². The van der Waals surface area contributed by atoms with Crippen LogP contribution in [-0.4, -0.2) is 102 Å². The lowest BCUT2D eigenvalue weighted by atomic mass is 9.43. The molecule has 1 aromatic rings. The minimum Gasteiger partial charge on any atom is -0.496 e. The van der Waals surface area contributed by atoms with E-state index in [9.17, 15) is 29.1 Å². The molecule has 3 saturated carbocycles. The van der Waals surface area contributed by atoms with E-state index >= 15 is 0 Å². The maximum absolute atomic E-state index is 13.8. The fraction of sp³-hybridized carbons (Fsp3) is 0.676. The van der Waals surface area contributed by atoms with Gasteiger partial charge in [0, 0.05) is 25.2 Å². The van der Waals surface area contributed by atoms with E-state index in [1.165, 1.54) is 25.0 Å². The Balaban J connectivity index is 1.44. The van der Waals surface area contributed by atoms with Crippen LogP contribution in [0.2, 0.25) is 0 Å². The molecule has 6 atom stereocenters. The number of benzene rings is 1. The van der Waals surface area contributed by atoms with Gasteiger partial charge in [-0.2, -0.15) is 0 Å². The molecule has 2 bridgehead atoms. The van der Waals surface area contributed by atoms with Crippen LogP contribution in [0.15, 0.2) is 12.1 Å². The third kappa shape index (κ3) is 6.06. The van der Waals surface area contributed by atoms with Gasteiger partial charge in [0.05, 0.1) is 24.8 Å². The van der Waals surface area contributed by atoms with Gasteiger partial charge in [-0.15, -0.1) is 0 Å². The van der Waals surface area contributed by atoms with Gasteiger partial charge in [0.15, 0.2) is 0 Å². The Morgan fingerprint density at radius 3 is 2.38 bits per heavy atom. The number of amides is 5. The molecule has 3 aliphatic carbocycles. The summed E-state index contributed by atoms with van der Waals surface area (Å²) in [7, 11) is 0.539. The number of piperazine rings is 1. The topological polar surface area (TPSA) is 164 Å². The van der Waals surface area contributed by atoms with Crippen molar-refractivity contribution in [3.63, 3.8) is 0 Å². The number of carboxylic acid groups (broad SMARTS) is 1. The second-order valence-corrected chi connectivity index (χ2v) is 15.4. The third-order valence-electron chi connectivity index (χ3n) is 11.2. The first-order valence-electron chi connectivity index (χ1n) is 16.8. The fourth-order valence-corrected chi connectivity index (χ4v) is 8.25. The zero-order valence-corrected chi connectivity index (χ0v) is 29.5. The van der Waals surface area contributed by atoms with Crippen LogP contribution in [-0.2, 0) is 35.5 Å². The van der Waals surface area contributed by atoms with Gasteiger partial charge >= 0.3 is 30.9 Å². The number of likely N-dealkylation sites (N-methyl/N-ethyl adjacent to an activating group) is 1. The molecule has 14 heteroatoms. The highest BCUT2D eigenvalue weighted by molar-refractivity contribution is 6.48. The average molecular weight is 669 g/mol. The second-order valence-electron chi connectivity index (χ2n) is 15.4. The minimum atomic E-state index is -1.15. The lowest BCUT2D eigenvalue weighted by Gasteiger charge is -2.64. The molecule has 5 amide bonds. The monoisotopic (exact) mass is 668 g/mol. The number of rotatable bonds is 9. The highest BCUT2D eigenvalue weighted by Crippen LogP contribution is 2.65. The highest BCUT2D eigenvalue weighted by atomic mass is 16.7. The molecule has 0 radical (unpaired) electrons. The number of carboxylic acids is 1. The van der Waals surface area contributed by atoms with Crippen LogP contribution >= 0.6 is 0 Å². The van der Waals surface area contributed by atoms with E-state index in [-0.39, 0.29) is 48.3 Å². The maximum atomic E-state index is 13.8. The van der Waals surface area contributed by atoms with Gasteiger partial charge in [-0.1, -0.05) is 40.7 Å².